The van der Waals surface area contributed by atoms with Crippen LogP contribution in [0.4, 0.5) is 22.7 Å². The molecule has 41 heavy (non-hydrogen) atoms. The van der Waals surface area contributed by atoms with E-state index in [1.807, 2.05) is 0 Å². The maximum absolute atomic E-state index is 2.55. The molecule has 0 radical (unpaired) electrons. The van der Waals surface area contributed by atoms with E-state index in [2.05, 4.69) is 161 Å². The van der Waals surface area contributed by atoms with Crippen molar-refractivity contribution in [1.82, 2.24) is 0 Å². The van der Waals surface area contributed by atoms with E-state index in [9.17, 15) is 0 Å². The third-order valence-electron chi connectivity index (χ3n) is 8.79. The summed E-state index contributed by atoms with van der Waals surface area (Å²) in [7, 11) is 0. The van der Waals surface area contributed by atoms with Crippen LogP contribution in [0.2, 0.25) is 0 Å². The summed E-state index contributed by atoms with van der Waals surface area (Å²) in [5, 5.41) is 5.09. The van der Waals surface area contributed by atoms with Gasteiger partial charge in [-0.25, -0.2) is 0 Å². The van der Waals surface area contributed by atoms with Crippen LogP contribution < -0.4 is 15.1 Å². The van der Waals surface area contributed by atoms with Gasteiger partial charge in [-0.2, -0.15) is 0 Å². The number of nitrogens with zero attached hydrogens (tertiary/aromatic N) is 2. The van der Waals surface area contributed by atoms with Crippen molar-refractivity contribution in [3.63, 3.8) is 0 Å². The Labute approximate surface area is 239 Å². The van der Waals surface area contributed by atoms with Gasteiger partial charge in [-0.05, 0) is 74.5 Å². The Morgan fingerprint density at radius 3 is 1.29 bits per heavy atom. The van der Waals surface area contributed by atoms with E-state index in [4.69, 9.17) is 0 Å². The van der Waals surface area contributed by atoms with Crippen LogP contribution in [-0.4, -0.2) is 6.98 Å². The molecule has 7 aromatic rings. The van der Waals surface area contributed by atoms with Crippen LogP contribution in [0.1, 0.15) is 0 Å². The third-order valence-corrected chi connectivity index (χ3v) is 8.79. The summed E-state index contributed by atoms with van der Waals surface area (Å²) in [5.41, 5.74) is 11.4. The van der Waals surface area contributed by atoms with Crippen LogP contribution in [0.15, 0.2) is 152 Å². The fourth-order valence-corrected chi connectivity index (χ4v) is 7.14. The summed E-state index contributed by atoms with van der Waals surface area (Å²) in [6.45, 7) is -0.0617. The minimum Gasteiger partial charge on any atom is -0.361 e. The molecule has 0 bridgehead atoms. The summed E-state index contributed by atoms with van der Waals surface area (Å²) >= 11 is 0. The molecule has 2 heterocycles. The lowest BCUT2D eigenvalue weighted by Crippen LogP contribution is -2.61. The van der Waals surface area contributed by atoms with Crippen molar-refractivity contribution in [2.75, 3.05) is 9.62 Å². The standard InChI is InChI=1S/C38H25BN2/c1-3-14-28(15-4-1)40-34-24-22-26-12-7-9-18-30(26)36(34)32-20-11-21-33-37-31-19-10-8-13-27(31)23-25-35(37)41(39(40)38(32)33)29-16-5-2-6-17-29/h1-25H. The molecule has 9 rings (SSSR count). The Bertz CT molecular complexity index is 1970. The number of benzene rings is 7. The molecule has 2 aliphatic heterocycles. The van der Waals surface area contributed by atoms with Crippen molar-refractivity contribution in [3.05, 3.63) is 152 Å². The molecule has 0 aliphatic carbocycles. The highest BCUT2D eigenvalue weighted by Gasteiger charge is 2.47. The highest BCUT2D eigenvalue weighted by Crippen LogP contribution is 2.51. The van der Waals surface area contributed by atoms with Gasteiger partial charge in [0.15, 0.2) is 0 Å². The lowest BCUT2D eigenvalue weighted by Gasteiger charge is -2.48. The molecule has 0 unspecified atom stereocenters. The summed E-state index contributed by atoms with van der Waals surface area (Å²) < 4.78 is 0. The van der Waals surface area contributed by atoms with E-state index in [0.29, 0.717) is 0 Å². The zero-order chi connectivity index (χ0) is 26.9. The number of fused-ring (bicyclic) bond motifs is 8. The van der Waals surface area contributed by atoms with E-state index in [1.54, 1.807) is 0 Å². The molecule has 2 nitrogen and oxygen atoms in total. The summed E-state index contributed by atoms with van der Waals surface area (Å²) in [4.78, 5) is 5.11. The molecule has 0 saturated carbocycles. The summed E-state index contributed by atoms with van der Waals surface area (Å²) in [5.74, 6) is 0. The molecule has 0 saturated heterocycles. The van der Waals surface area contributed by atoms with Gasteiger partial charge in [0.2, 0.25) is 0 Å². The molecule has 190 valence electrons. The predicted molar refractivity (Wildman–Crippen MR) is 175 cm³/mol. The van der Waals surface area contributed by atoms with Gasteiger partial charge in [-0.3, -0.25) is 0 Å². The highest BCUT2D eigenvalue weighted by molar-refractivity contribution is 6.86. The molecule has 0 amide bonds. The van der Waals surface area contributed by atoms with Gasteiger partial charge >= 0.3 is 6.98 Å². The van der Waals surface area contributed by atoms with Crippen molar-refractivity contribution in [1.29, 1.82) is 0 Å². The average Bonchev–Trinajstić information content (AvgIpc) is 3.05. The van der Waals surface area contributed by atoms with Crippen LogP contribution in [-0.2, 0) is 0 Å². The van der Waals surface area contributed by atoms with E-state index in [-0.39, 0.29) is 6.98 Å². The Hall–Kier alpha value is -5.28. The fourth-order valence-electron chi connectivity index (χ4n) is 7.14. The topological polar surface area (TPSA) is 6.48 Å². The van der Waals surface area contributed by atoms with Gasteiger partial charge in [-0.15, -0.1) is 0 Å². The maximum Gasteiger partial charge on any atom is 0.421 e. The number of para-hydroxylation sites is 2. The fraction of sp³-hybridized carbons (Fsp3) is 0. The number of anilines is 4. The first-order chi connectivity index (χ1) is 20.4. The Kier molecular flexibility index (Phi) is 4.73. The first-order valence-corrected chi connectivity index (χ1v) is 14.2. The molecule has 0 N–H and O–H groups in total. The van der Waals surface area contributed by atoms with Crippen molar-refractivity contribution in [2.24, 2.45) is 0 Å². The number of hydrogen-bond donors (Lipinski definition) is 0. The van der Waals surface area contributed by atoms with Crippen LogP contribution >= 0.6 is 0 Å². The second-order valence-corrected chi connectivity index (χ2v) is 10.9. The largest absolute Gasteiger partial charge is 0.421 e. The first kappa shape index (κ1) is 22.5. The molecule has 0 aromatic heterocycles. The molecule has 0 fully saturated rings. The van der Waals surface area contributed by atoms with Crippen molar-refractivity contribution in [2.45, 2.75) is 0 Å². The smallest absolute Gasteiger partial charge is 0.361 e. The maximum atomic E-state index is 2.55. The summed E-state index contributed by atoms with van der Waals surface area (Å²) in [6, 6.07) is 55.5. The third kappa shape index (κ3) is 3.15. The molecular weight excluding hydrogens is 495 g/mol. The molecule has 3 heteroatoms. The Morgan fingerprint density at radius 2 is 0.805 bits per heavy atom. The van der Waals surface area contributed by atoms with Gasteiger partial charge in [0, 0.05) is 33.9 Å². The van der Waals surface area contributed by atoms with Gasteiger partial charge < -0.3 is 9.62 Å². The van der Waals surface area contributed by atoms with Gasteiger partial charge in [0.25, 0.3) is 0 Å². The summed E-state index contributed by atoms with van der Waals surface area (Å²) in [6.07, 6.45) is 0. The van der Waals surface area contributed by atoms with Gasteiger partial charge in [0.05, 0.1) is 0 Å². The van der Waals surface area contributed by atoms with Crippen LogP contribution in [0.3, 0.4) is 0 Å². The number of hydrogen-bond acceptors (Lipinski definition) is 2. The second-order valence-electron chi connectivity index (χ2n) is 10.9. The zero-order valence-corrected chi connectivity index (χ0v) is 22.4. The van der Waals surface area contributed by atoms with Crippen LogP contribution in [0.5, 0.6) is 0 Å². The van der Waals surface area contributed by atoms with Gasteiger partial charge in [-0.1, -0.05) is 115 Å². The Balaban J connectivity index is 1.48. The van der Waals surface area contributed by atoms with Crippen LogP contribution in [0.25, 0.3) is 43.8 Å². The molecule has 0 spiro atoms. The molecule has 0 atom stereocenters. The lowest BCUT2D eigenvalue weighted by atomic mass is 9.53. The SMILES string of the molecule is c1ccc(N2B3c4c(cccc4-c4c(ccc5ccccc45)N3c3ccccc3)-c3c2ccc2ccccc32)cc1. The van der Waals surface area contributed by atoms with E-state index in [1.165, 1.54) is 72.0 Å². The van der Waals surface area contributed by atoms with Crippen molar-refractivity contribution in [3.8, 4) is 22.3 Å². The molecule has 7 aromatic carbocycles. The Morgan fingerprint density at radius 1 is 0.366 bits per heavy atom. The highest BCUT2D eigenvalue weighted by atomic mass is 15.2. The lowest BCUT2D eigenvalue weighted by molar-refractivity contribution is 1.27. The van der Waals surface area contributed by atoms with E-state index in [0.717, 1.165) is 0 Å². The quantitative estimate of drug-likeness (QED) is 0.210. The molecule has 2 aliphatic rings. The normalized spacial score (nSPS) is 13.2. The zero-order valence-electron chi connectivity index (χ0n) is 22.4. The monoisotopic (exact) mass is 520 g/mol. The van der Waals surface area contributed by atoms with Crippen molar-refractivity contribution < 1.29 is 0 Å². The first-order valence-electron chi connectivity index (χ1n) is 14.2. The van der Waals surface area contributed by atoms with E-state index >= 15 is 0 Å². The van der Waals surface area contributed by atoms with E-state index < -0.39 is 0 Å². The van der Waals surface area contributed by atoms with Gasteiger partial charge in [0.1, 0.15) is 0 Å². The minimum atomic E-state index is -0.0617. The average molecular weight is 520 g/mol. The van der Waals surface area contributed by atoms with Crippen molar-refractivity contribution >= 4 is 56.7 Å². The predicted octanol–water partition coefficient (Wildman–Crippen LogP) is 9.33. The molecular formula is C38H25BN2. The second kappa shape index (κ2) is 8.61. The minimum absolute atomic E-state index is 0.0617. The number of rotatable bonds is 2. The van der Waals surface area contributed by atoms with Crippen LogP contribution in [0, 0.1) is 0 Å².